The van der Waals surface area contributed by atoms with Crippen molar-refractivity contribution in [2.75, 3.05) is 32.6 Å². The van der Waals surface area contributed by atoms with E-state index in [-0.39, 0.29) is 36.1 Å². The van der Waals surface area contributed by atoms with E-state index in [0.29, 0.717) is 30.1 Å². The van der Waals surface area contributed by atoms with E-state index < -0.39 is 52.0 Å². The topological polar surface area (TPSA) is 159 Å². The summed E-state index contributed by atoms with van der Waals surface area (Å²) >= 11 is 0. The van der Waals surface area contributed by atoms with E-state index in [2.05, 4.69) is 24.5 Å². The molecule has 6 N–H and O–H groups in total. The fourth-order valence-corrected chi connectivity index (χ4v) is 5.86. The largest absolute Gasteiger partial charge is 0.508 e. The van der Waals surface area contributed by atoms with Gasteiger partial charge in [0, 0.05) is 56.9 Å². The van der Waals surface area contributed by atoms with Gasteiger partial charge in [0.2, 0.25) is 5.78 Å². The Bertz CT molecular complexity index is 1250. The van der Waals surface area contributed by atoms with Crippen LogP contribution in [0.4, 0.5) is 5.69 Å². The van der Waals surface area contributed by atoms with E-state index in [0.717, 1.165) is 5.69 Å². The van der Waals surface area contributed by atoms with E-state index in [1.165, 1.54) is 7.05 Å². The summed E-state index contributed by atoms with van der Waals surface area (Å²) in [6, 6.07) is 1.86. The highest BCUT2D eigenvalue weighted by atomic mass is 16.3. The van der Waals surface area contributed by atoms with Crippen molar-refractivity contribution < 1.29 is 34.8 Å². The van der Waals surface area contributed by atoms with Gasteiger partial charge in [-0.15, -0.1) is 0 Å². The second-order valence-corrected chi connectivity index (χ2v) is 10.8. The summed E-state index contributed by atoms with van der Waals surface area (Å²) in [7, 11) is 4.97. The molecule has 0 heterocycles. The second kappa shape index (κ2) is 9.50. The van der Waals surface area contributed by atoms with E-state index in [1.807, 2.05) is 25.1 Å². The number of anilines is 1. The minimum absolute atomic E-state index is 0.115. The van der Waals surface area contributed by atoms with Crippen molar-refractivity contribution in [3.63, 3.8) is 0 Å². The molecular formula is C27H35N3O7. The lowest BCUT2D eigenvalue weighted by Gasteiger charge is -2.46. The van der Waals surface area contributed by atoms with Gasteiger partial charge in [0.15, 0.2) is 11.4 Å². The number of aliphatic hydroxyl groups excluding tert-OH is 2. The molecule has 4 rings (SSSR count). The minimum Gasteiger partial charge on any atom is -0.508 e. The van der Waals surface area contributed by atoms with Crippen LogP contribution in [0.3, 0.4) is 0 Å². The lowest BCUT2D eigenvalue weighted by molar-refractivity contribution is -0.147. The highest BCUT2D eigenvalue weighted by Gasteiger charge is 2.60. The molecule has 3 atom stereocenters. The number of likely N-dealkylation sites (N-methyl/N-ethyl adjacent to an activating group) is 1. The average Bonchev–Trinajstić information content (AvgIpc) is 2.82. The highest BCUT2D eigenvalue weighted by Crippen LogP contribution is 2.53. The number of phenols is 1. The van der Waals surface area contributed by atoms with Crippen LogP contribution in [0.25, 0.3) is 5.76 Å². The Labute approximate surface area is 215 Å². The van der Waals surface area contributed by atoms with Gasteiger partial charge in [-0.25, -0.2) is 0 Å². The molecule has 1 unspecified atom stereocenters. The average molecular weight is 514 g/mol. The number of Topliss-reactive ketones (excluding diaryl/α,β-unsaturated/α-hetero) is 2. The number of benzene rings is 1. The molecule has 1 fully saturated rings. The van der Waals surface area contributed by atoms with Crippen molar-refractivity contribution in [1.82, 2.24) is 10.6 Å². The van der Waals surface area contributed by atoms with E-state index in [1.54, 1.807) is 0 Å². The summed E-state index contributed by atoms with van der Waals surface area (Å²) in [6.45, 7) is 5.18. The second-order valence-electron chi connectivity index (χ2n) is 10.8. The number of aliphatic hydroxyl groups is 3. The smallest absolute Gasteiger partial charge is 0.258 e. The first-order valence-electron chi connectivity index (χ1n) is 12.5. The maximum atomic E-state index is 13.8. The zero-order valence-electron chi connectivity index (χ0n) is 21.8. The van der Waals surface area contributed by atoms with Crippen molar-refractivity contribution in [2.24, 2.45) is 17.8 Å². The molecule has 1 amide bonds. The van der Waals surface area contributed by atoms with Crippen LogP contribution in [0.15, 0.2) is 23.0 Å². The lowest BCUT2D eigenvalue weighted by Crippen LogP contribution is -2.58. The number of rotatable bonds is 6. The predicted molar refractivity (Wildman–Crippen MR) is 137 cm³/mol. The normalized spacial score (nSPS) is 25.2. The first-order valence-corrected chi connectivity index (χ1v) is 12.5. The lowest BCUT2D eigenvalue weighted by atomic mass is 9.59. The first kappa shape index (κ1) is 26.7. The van der Waals surface area contributed by atoms with Crippen molar-refractivity contribution >= 4 is 28.9 Å². The molecular weight excluding hydrogens is 478 g/mol. The van der Waals surface area contributed by atoms with Crippen LogP contribution in [0, 0.1) is 17.8 Å². The standard InChI is InChI=1S/C27H35N3O7/c1-12(2)10-29-11-14-8-17(30(4)5)16-7-13-6-15-9-18(31)21(26(36)28-3)25(35)27(15,37)24(34)19(13)23(33)20(16)22(14)32/h8,12-13,15,29,32-33,35,37H,6-7,9-11H2,1-5H3,(H,28,36)/t13?,15-,27-/m0/s1. The van der Waals surface area contributed by atoms with Crippen LogP contribution in [-0.2, 0) is 27.3 Å². The predicted octanol–water partition coefficient (Wildman–Crippen LogP) is 1.50. The Kier molecular flexibility index (Phi) is 6.85. The molecule has 0 aromatic heterocycles. The molecule has 0 spiro atoms. The Hall–Kier alpha value is -3.37. The van der Waals surface area contributed by atoms with Gasteiger partial charge in [0.25, 0.3) is 5.91 Å². The van der Waals surface area contributed by atoms with E-state index in [4.69, 9.17) is 0 Å². The van der Waals surface area contributed by atoms with Gasteiger partial charge in [0.1, 0.15) is 22.8 Å². The number of fused-ring (bicyclic) bond motifs is 3. The molecule has 0 saturated heterocycles. The van der Waals surface area contributed by atoms with Crippen molar-refractivity contribution in [2.45, 2.75) is 45.3 Å². The highest BCUT2D eigenvalue weighted by molar-refractivity contribution is 6.23. The molecule has 200 valence electrons. The molecule has 10 heteroatoms. The van der Waals surface area contributed by atoms with Gasteiger partial charge in [-0.05, 0) is 42.9 Å². The zero-order valence-corrected chi connectivity index (χ0v) is 21.8. The van der Waals surface area contributed by atoms with Gasteiger partial charge in [-0.1, -0.05) is 13.8 Å². The Morgan fingerprint density at radius 3 is 2.46 bits per heavy atom. The van der Waals surface area contributed by atoms with E-state index in [9.17, 15) is 34.8 Å². The summed E-state index contributed by atoms with van der Waals surface area (Å²) < 4.78 is 0. The number of nitrogens with one attached hydrogen (secondary N) is 2. The first-order chi connectivity index (χ1) is 17.3. The molecule has 1 aromatic carbocycles. The molecule has 37 heavy (non-hydrogen) atoms. The van der Waals surface area contributed by atoms with Crippen LogP contribution in [0.2, 0.25) is 0 Å². The van der Waals surface area contributed by atoms with Gasteiger partial charge in [-0.2, -0.15) is 0 Å². The van der Waals surface area contributed by atoms with E-state index >= 15 is 0 Å². The Balaban J connectivity index is 1.88. The molecule has 3 aliphatic rings. The van der Waals surface area contributed by atoms with Gasteiger partial charge in [-0.3, -0.25) is 14.4 Å². The third kappa shape index (κ3) is 4.08. The fourth-order valence-electron chi connectivity index (χ4n) is 5.86. The molecule has 0 bridgehead atoms. The van der Waals surface area contributed by atoms with Crippen molar-refractivity contribution in [3.8, 4) is 5.75 Å². The number of hydrogen-bond donors (Lipinski definition) is 6. The van der Waals surface area contributed by atoms with Crippen LogP contribution < -0.4 is 15.5 Å². The number of phenolic OH excluding ortho intramolecular Hbond substituents is 1. The Morgan fingerprint density at radius 1 is 1.19 bits per heavy atom. The SMILES string of the molecule is CNC(=O)C1=C(O)[C@@]2(O)C(=O)C3=C(O)c4c(O)c(CNCC(C)C)cc(N(C)C)c4CC3C[C@H]2CC1=O. The third-order valence-corrected chi connectivity index (χ3v) is 7.68. The van der Waals surface area contributed by atoms with Gasteiger partial charge >= 0.3 is 0 Å². The quantitative estimate of drug-likeness (QED) is 0.310. The number of amides is 1. The third-order valence-electron chi connectivity index (χ3n) is 7.68. The van der Waals surface area contributed by atoms with Gasteiger partial charge in [0.05, 0.1) is 5.56 Å². The number of nitrogens with zero attached hydrogens (tertiary/aromatic N) is 1. The molecule has 1 saturated carbocycles. The zero-order chi connectivity index (χ0) is 27.4. The number of carbonyl (C=O) groups excluding carboxylic acids is 3. The van der Waals surface area contributed by atoms with Gasteiger partial charge < -0.3 is 36.0 Å². The number of carbonyl (C=O) groups is 3. The number of aromatic hydroxyl groups is 1. The fraction of sp³-hybridized carbons (Fsp3) is 0.519. The maximum Gasteiger partial charge on any atom is 0.258 e. The summed E-state index contributed by atoms with van der Waals surface area (Å²) in [5.74, 6) is -5.24. The monoisotopic (exact) mass is 513 g/mol. The molecule has 10 nitrogen and oxygen atoms in total. The van der Waals surface area contributed by atoms with Crippen LogP contribution in [-0.4, -0.2) is 71.2 Å². The Morgan fingerprint density at radius 2 is 1.86 bits per heavy atom. The summed E-state index contributed by atoms with van der Waals surface area (Å²) in [5, 5.41) is 50.5. The molecule has 0 aliphatic heterocycles. The van der Waals surface area contributed by atoms with Crippen LogP contribution in [0.1, 0.15) is 43.4 Å². The minimum atomic E-state index is -2.52. The summed E-state index contributed by atoms with van der Waals surface area (Å²) in [6.07, 6.45) is 0.122. The van der Waals surface area contributed by atoms with Crippen molar-refractivity contribution in [1.29, 1.82) is 0 Å². The van der Waals surface area contributed by atoms with Crippen LogP contribution in [0.5, 0.6) is 5.75 Å². The van der Waals surface area contributed by atoms with Crippen molar-refractivity contribution in [3.05, 3.63) is 39.7 Å². The van der Waals surface area contributed by atoms with Crippen LogP contribution >= 0.6 is 0 Å². The molecule has 0 radical (unpaired) electrons. The summed E-state index contributed by atoms with van der Waals surface area (Å²) in [4.78, 5) is 40.6. The number of ketones is 2. The number of hydrogen-bond acceptors (Lipinski definition) is 9. The summed E-state index contributed by atoms with van der Waals surface area (Å²) in [5.41, 5.74) is -1.19. The molecule has 3 aliphatic carbocycles. The molecule has 1 aromatic rings. The maximum absolute atomic E-state index is 13.8.